The molecule has 3 aromatic heterocycles. The molecule has 9 aromatic carbocycles. The molecule has 4 heteroatoms. The molecule has 0 aliphatic heterocycles. The van der Waals surface area contributed by atoms with E-state index in [4.69, 9.17) is 4.42 Å². The van der Waals surface area contributed by atoms with Crippen LogP contribution in [0.4, 0.5) is 17.1 Å². The second kappa shape index (κ2) is 12.9. The molecule has 12 rings (SSSR count). The first-order chi connectivity index (χ1) is 28.8. The Bertz CT molecular complexity index is 3390. The molecule has 12 aromatic rings. The summed E-state index contributed by atoms with van der Waals surface area (Å²) >= 11 is 0. The van der Waals surface area contributed by atoms with Gasteiger partial charge in [-0.3, -0.25) is 0 Å². The van der Waals surface area contributed by atoms with E-state index in [2.05, 4.69) is 214 Å². The van der Waals surface area contributed by atoms with Gasteiger partial charge in [0.2, 0.25) is 0 Å². The summed E-state index contributed by atoms with van der Waals surface area (Å²) in [6.45, 7) is 0. The molecule has 0 saturated heterocycles. The molecule has 0 radical (unpaired) electrons. The van der Waals surface area contributed by atoms with Crippen LogP contribution >= 0.6 is 0 Å². The maximum Gasteiger partial charge on any atom is 0.137 e. The lowest BCUT2D eigenvalue weighted by molar-refractivity contribution is 0.669. The molecule has 0 atom stereocenters. The summed E-state index contributed by atoms with van der Waals surface area (Å²) in [4.78, 5) is 2.32. The van der Waals surface area contributed by atoms with Gasteiger partial charge in [0.05, 0.1) is 22.1 Å². The number of benzene rings is 9. The van der Waals surface area contributed by atoms with Crippen molar-refractivity contribution in [2.45, 2.75) is 0 Å². The molecule has 272 valence electrons. The highest BCUT2D eigenvalue weighted by atomic mass is 16.3. The number of para-hydroxylation sites is 5. The average Bonchev–Trinajstić information content (AvgIpc) is 3.95. The molecule has 0 saturated carbocycles. The molecule has 0 aliphatic rings. The lowest BCUT2D eigenvalue weighted by Gasteiger charge is -2.26. The van der Waals surface area contributed by atoms with Gasteiger partial charge in [-0.15, -0.1) is 0 Å². The van der Waals surface area contributed by atoms with E-state index >= 15 is 0 Å². The number of hydrogen-bond donors (Lipinski definition) is 0. The highest BCUT2D eigenvalue weighted by Gasteiger charge is 2.18. The molecule has 4 nitrogen and oxygen atoms in total. The van der Waals surface area contributed by atoms with Crippen LogP contribution in [0.15, 0.2) is 217 Å². The van der Waals surface area contributed by atoms with Crippen molar-refractivity contribution >= 4 is 82.6 Å². The van der Waals surface area contributed by atoms with Gasteiger partial charge in [0, 0.05) is 66.8 Å². The van der Waals surface area contributed by atoms with E-state index in [-0.39, 0.29) is 0 Å². The van der Waals surface area contributed by atoms with Gasteiger partial charge < -0.3 is 18.5 Å². The van der Waals surface area contributed by atoms with Crippen LogP contribution in [0.5, 0.6) is 0 Å². The minimum Gasteiger partial charge on any atom is -0.456 e. The number of fused-ring (bicyclic) bond motifs is 9. The van der Waals surface area contributed by atoms with Gasteiger partial charge in [0.1, 0.15) is 11.2 Å². The molecule has 3 heterocycles. The summed E-state index contributed by atoms with van der Waals surface area (Å²) in [5.74, 6) is 0. The number of anilines is 3. The third kappa shape index (κ3) is 5.02. The van der Waals surface area contributed by atoms with Gasteiger partial charge in [-0.05, 0) is 102 Å². The minimum atomic E-state index is 0.866. The topological polar surface area (TPSA) is 26.2 Å². The molecular weight excluding hydrogens is 707 g/mol. The first kappa shape index (κ1) is 32.4. The van der Waals surface area contributed by atoms with Crippen LogP contribution in [-0.2, 0) is 0 Å². The summed E-state index contributed by atoms with van der Waals surface area (Å²) in [5, 5.41) is 7.28. The van der Waals surface area contributed by atoms with Crippen molar-refractivity contribution in [2.24, 2.45) is 0 Å². The Balaban J connectivity index is 0.938. The third-order valence-electron chi connectivity index (χ3n) is 11.7. The monoisotopic (exact) mass is 741 g/mol. The second-order valence-corrected chi connectivity index (χ2v) is 15.0. The molecule has 0 unspecified atom stereocenters. The first-order valence-electron chi connectivity index (χ1n) is 19.8. The van der Waals surface area contributed by atoms with Crippen LogP contribution in [0.1, 0.15) is 0 Å². The molecule has 0 amide bonds. The fourth-order valence-corrected chi connectivity index (χ4v) is 9.06. The van der Waals surface area contributed by atoms with Crippen molar-refractivity contribution in [2.75, 3.05) is 4.90 Å². The number of nitrogens with zero attached hydrogens (tertiary/aromatic N) is 3. The maximum absolute atomic E-state index is 6.39. The van der Waals surface area contributed by atoms with Gasteiger partial charge in [-0.2, -0.15) is 0 Å². The molecule has 0 spiro atoms. The third-order valence-corrected chi connectivity index (χ3v) is 11.7. The van der Waals surface area contributed by atoms with Gasteiger partial charge >= 0.3 is 0 Å². The highest BCUT2D eigenvalue weighted by Crippen LogP contribution is 2.41. The molecule has 0 bridgehead atoms. The van der Waals surface area contributed by atoms with Crippen LogP contribution in [0.3, 0.4) is 0 Å². The van der Waals surface area contributed by atoms with E-state index in [1.54, 1.807) is 0 Å². The molecule has 0 N–H and O–H groups in total. The Hall–Kier alpha value is -7.82. The summed E-state index contributed by atoms with van der Waals surface area (Å²) < 4.78 is 11.1. The van der Waals surface area contributed by atoms with Crippen molar-refractivity contribution in [1.29, 1.82) is 0 Å². The lowest BCUT2D eigenvalue weighted by atomic mass is 10.0. The second-order valence-electron chi connectivity index (χ2n) is 15.0. The average molecular weight is 742 g/mol. The largest absolute Gasteiger partial charge is 0.456 e. The molecular formula is C54H35N3O. The number of aromatic nitrogens is 2. The molecule has 0 fully saturated rings. The lowest BCUT2D eigenvalue weighted by Crippen LogP contribution is -2.10. The Morgan fingerprint density at radius 3 is 1.16 bits per heavy atom. The fraction of sp³-hybridized carbons (Fsp3) is 0. The van der Waals surface area contributed by atoms with E-state index in [0.717, 1.165) is 55.9 Å². The predicted molar refractivity (Wildman–Crippen MR) is 243 cm³/mol. The SMILES string of the molecule is c1ccc2c(c1)oc1cc(N(c3ccc(-c4ccc(-n5c6ccccc6c6ccccc65)cc4)cc3)c3ccc(-n4c5ccccc5c5ccccc54)cc3)ccc12. The number of rotatable bonds is 6. The van der Waals surface area contributed by atoms with Gasteiger partial charge in [-0.25, -0.2) is 0 Å². The van der Waals surface area contributed by atoms with Crippen molar-refractivity contribution in [3.05, 3.63) is 212 Å². The van der Waals surface area contributed by atoms with E-state index in [1.807, 2.05) is 12.1 Å². The van der Waals surface area contributed by atoms with Crippen LogP contribution < -0.4 is 4.90 Å². The Kier molecular flexibility index (Phi) is 7.20. The van der Waals surface area contributed by atoms with E-state index in [0.29, 0.717) is 0 Å². The minimum absolute atomic E-state index is 0.866. The predicted octanol–water partition coefficient (Wildman–Crippen LogP) is 14.9. The Morgan fingerprint density at radius 1 is 0.293 bits per heavy atom. The zero-order valence-corrected chi connectivity index (χ0v) is 31.5. The smallest absolute Gasteiger partial charge is 0.137 e. The fourth-order valence-electron chi connectivity index (χ4n) is 9.06. The first-order valence-corrected chi connectivity index (χ1v) is 19.8. The number of furan rings is 1. The van der Waals surface area contributed by atoms with Gasteiger partial charge in [0.25, 0.3) is 0 Å². The Labute approximate surface area is 334 Å². The number of hydrogen-bond acceptors (Lipinski definition) is 2. The summed E-state index contributed by atoms with van der Waals surface area (Å²) in [7, 11) is 0. The van der Waals surface area contributed by atoms with Gasteiger partial charge in [-0.1, -0.05) is 115 Å². The van der Waals surface area contributed by atoms with Crippen molar-refractivity contribution in [1.82, 2.24) is 9.13 Å². The summed E-state index contributed by atoms with van der Waals surface area (Å²) in [6.07, 6.45) is 0. The summed E-state index contributed by atoms with van der Waals surface area (Å²) in [5.41, 5.74) is 14.3. The zero-order valence-electron chi connectivity index (χ0n) is 31.5. The van der Waals surface area contributed by atoms with Crippen LogP contribution in [0.2, 0.25) is 0 Å². The van der Waals surface area contributed by atoms with Crippen LogP contribution in [0.25, 0.3) is 88.1 Å². The van der Waals surface area contributed by atoms with Crippen LogP contribution in [0, 0.1) is 0 Å². The molecule has 0 aliphatic carbocycles. The van der Waals surface area contributed by atoms with Gasteiger partial charge in [0.15, 0.2) is 0 Å². The van der Waals surface area contributed by atoms with Crippen LogP contribution in [-0.4, -0.2) is 9.13 Å². The standard InChI is InChI=1S/C54H35N3O/c1-6-16-49-43(11-1)44-12-2-7-17-50(44)56(49)40-27-23-37(24-28-40)36-21-25-38(26-22-36)55(42-33-34-48-47-15-5-10-20-53(47)58-54(48)35-42)39-29-31-41(32-30-39)57-51-18-8-3-13-45(51)46-14-4-9-19-52(46)57/h1-35H. The summed E-state index contributed by atoms with van der Waals surface area (Å²) in [6, 6.07) is 76.1. The highest BCUT2D eigenvalue weighted by molar-refractivity contribution is 6.10. The van der Waals surface area contributed by atoms with E-state index in [9.17, 15) is 0 Å². The Morgan fingerprint density at radius 2 is 0.655 bits per heavy atom. The maximum atomic E-state index is 6.39. The van der Waals surface area contributed by atoms with E-state index in [1.165, 1.54) is 49.2 Å². The normalized spacial score (nSPS) is 11.8. The zero-order chi connectivity index (χ0) is 38.2. The van der Waals surface area contributed by atoms with Crippen molar-refractivity contribution in [3.63, 3.8) is 0 Å². The quantitative estimate of drug-likeness (QED) is 0.170. The molecule has 58 heavy (non-hydrogen) atoms. The van der Waals surface area contributed by atoms with E-state index < -0.39 is 0 Å². The van der Waals surface area contributed by atoms with Crippen molar-refractivity contribution < 1.29 is 4.42 Å². The van der Waals surface area contributed by atoms with Crippen molar-refractivity contribution in [3.8, 4) is 22.5 Å².